The second-order valence-electron chi connectivity index (χ2n) is 4.46. The number of fused-ring (bicyclic) bond motifs is 1. The molecule has 1 N–H and O–H groups in total. The topological polar surface area (TPSA) is 38.1 Å². The van der Waals surface area contributed by atoms with Crippen LogP contribution in [0.5, 0.6) is 0 Å². The summed E-state index contributed by atoms with van der Waals surface area (Å²) in [6, 6.07) is 0. The summed E-state index contributed by atoms with van der Waals surface area (Å²) in [6.07, 6.45) is 4.62. The lowest BCUT2D eigenvalue weighted by Gasteiger charge is -2.23. The van der Waals surface area contributed by atoms with Crippen LogP contribution in [-0.2, 0) is 19.6 Å². The number of rotatable bonds is 3. The van der Waals surface area contributed by atoms with Crippen LogP contribution in [0.2, 0.25) is 0 Å². The van der Waals surface area contributed by atoms with Crippen molar-refractivity contribution in [1.29, 1.82) is 0 Å². The van der Waals surface area contributed by atoms with Crippen LogP contribution in [0.25, 0.3) is 0 Å². The van der Waals surface area contributed by atoms with E-state index in [1.54, 1.807) is 0 Å². The Morgan fingerprint density at radius 3 is 3.00 bits per heavy atom. The first-order valence-corrected chi connectivity index (χ1v) is 5.97. The number of nitrogens with zero attached hydrogens (tertiary/aromatic N) is 2. The molecule has 3 heteroatoms. The minimum Gasteiger partial charge on any atom is -0.390 e. The summed E-state index contributed by atoms with van der Waals surface area (Å²) in [5.74, 6) is 1.72. The Kier molecular flexibility index (Phi) is 3.10. The molecule has 0 aliphatic carbocycles. The van der Waals surface area contributed by atoms with Crippen molar-refractivity contribution in [2.75, 3.05) is 0 Å². The number of aromatic nitrogens is 2. The van der Waals surface area contributed by atoms with Crippen LogP contribution in [0.1, 0.15) is 56.2 Å². The molecule has 0 amide bonds. The van der Waals surface area contributed by atoms with Gasteiger partial charge >= 0.3 is 0 Å². The molecule has 1 atom stereocenters. The third-order valence-corrected chi connectivity index (χ3v) is 3.27. The maximum Gasteiger partial charge on any atom is 0.109 e. The van der Waals surface area contributed by atoms with Crippen LogP contribution in [0.4, 0.5) is 0 Å². The normalized spacial score (nSPS) is 20.3. The molecule has 1 aromatic rings. The van der Waals surface area contributed by atoms with Gasteiger partial charge in [-0.15, -0.1) is 0 Å². The molecule has 2 rings (SSSR count). The van der Waals surface area contributed by atoms with Crippen molar-refractivity contribution < 1.29 is 5.11 Å². The van der Waals surface area contributed by atoms with Crippen LogP contribution in [0.3, 0.4) is 0 Å². The van der Waals surface area contributed by atoms with Gasteiger partial charge in [0.05, 0.1) is 12.3 Å². The Balaban J connectivity index is 2.42. The standard InChI is InChI=1S/C12H20N2O/c1-3-5-11-13-10(8-15)12-9(2)6-4-7-14(11)12/h9,15H,3-8H2,1-2H3. The Morgan fingerprint density at radius 2 is 2.33 bits per heavy atom. The Morgan fingerprint density at radius 1 is 1.53 bits per heavy atom. The predicted octanol–water partition coefficient (Wildman–Crippen LogP) is 2.23. The van der Waals surface area contributed by atoms with Crippen LogP contribution < -0.4 is 0 Å². The zero-order chi connectivity index (χ0) is 10.8. The van der Waals surface area contributed by atoms with Crippen LogP contribution in [-0.4, -0.2) is 14.7 Å². The summed E-state index contributed by atoms with van der Waals surface area (Å²) in [4.78, 5) is 4.56. The average Bonchev–Trinajstić information content (AvgIpc) is 2.59. The zero-order valence-electron chi connectivity index (χ0n) is 9.66. The SMILES string of the molecule is CCCc1nc(CO)c2n1CCCC2C. The van der Waals surface area contributed by atoms with E-state index in [1.807, 2.05) is 0 Å². The molecule has 1 unspecified atom stereocenters. The summed E-state index contributed by atoms with van der Waals surface area (Å²) in [5.41, 5.74) is 2.19. The Labute approximate surface area is 91.1 Å². The van der Waals surface area contributed by atoms with Crippen LogP contribution in [0.15, 0.2) is 0 Å². The van der Waals surface area contributed by atoms with E-state index in [1.165, 1.54) is 24.4 Å². The summed E-state index contributed by atoms with van der Waals surface area (Å²) in [7, 11) is 0. The highest BCUT2D eigenvalue weighted by molar-refractivity contribution is 5.22. The lowest BCUT2D eigenvalue weighted by molar-refractivity contribution is 0.274. The molecule has 0 radical (unpaired) electrons. The molecule has 0 saturated heterocycles. The molecule has 0 saturated carbocycles. The fourth-order valence-corrected chi connectivity index (χ4v) is 2.59. The Hall–Kier alpha value is -0.830. The highest BCUT2D eigenvalue weighted by Gasteiger charge is 2.23. The van der Waals surface area contributed by atoms with Gasteiger partial charge in [0, 0.05) is 18.7 Å². The smallest absolute Gasteiger partial charge is 0.109 e. The van der Waals surface area contributed by atoms with Gasteiger partial charge in [0.2, 0.25) is 0 Å². The van der Waals surface area contributed by atoms with E-state index in [0.29, 0.717) is 5.92 Å². The molecule has 3 nitrogen and oxygen atoms in total. The van der Waals surface area contributed by atoms with Gasteiger partial charge in [0.25, 0.3) is 0 Å². The average molecular weight is 208 g/mol. The van der Waals surface area contributed by atoms with Crippen molar-refractivity contribution in [3.63, 3.8) is 0 Å². The number of imidazole rings is 1. The van der Waals surface area contributed by atoms with Crippen molar-refractivity contribution in [2.45, 2.75) is 58.6 Å². The second kappa shape index (κ2) is 4.35. The minimum absolute atomic E-state index is 0.0867. The number of aliphatic hydroxyl groups is 1. The van der Waals surface area contributed by atoms with Crippen LogP contribution >= 0.6 is 0 Å². The number of hydrogen-bond donors (Lipinski definition) is 1. The molecule has 1 aliphatic rings. The lowest BCUT2D eigenvalue weighted by atomic mass is 9.96. The van der Waals surface area contributed by atoms with E-state index in [4.69, 9.17) is 0 Å². The number of aryl methyl sites for hydroxylation is 1. The maximum atomic E-state index is 9.32. The monoisotopic (exact) mass is 208 g/mol. The van der Waals surface area contributed by atoms with Crippen molar-refractivity contribution >= 4 is 0 Å². The Bertz CT molecular complexity index is 344. The van der Waals surface area contributed by atoms with Gasteiger partial charge in [-0.2, -0.15) is 0 Å². The quantitative estimate of drug-likeness (QED) is 0.827. The predicted molar refractivity (Wildman–Crippen MR) is 59.8 cm³/mol. The van der Waals surface area contributed by atoms with Crippen molar-refractivity contribution in [2.24, 2.45) is 0 Å². The first-order chi connectivity index (χ1) is 7.27. The number of aliphatic hydroxyl groups excluding tert-OH is 1. The van der Waals surface area contributed by atoms with Gasteiger partial charge < -0.3 is 9.67 Å². The van der Waals surface area contributed by atoms with Gasteiger partial charge in [0.1, 0.15) is 5.82 Å². The fraction of sp³-hybridized carbons (Fsp3) is 0.750. The molecule has 0 spiro atoms. The van der Waals surface area contributed by atoms with Crippen LogP contribution in [0, 0.1) is 0 Å². The van der Waals surface area contributed by atoms with Crippen molar-refractivity contribution in [3.8, 4) is 0 Å². The van der Waals surface area contributed by atoms with Gasteiger partial charge in [-0.3, -0.25) is 0 Å². The molecule has 0 fully saturated rings. The molecule has 0 bridgehead atoms. The largest absolute Gasteiger partial charge is 0.390 e. The lowest BCUT2D eigenvalue weighted by Crippen LogP contribution is -2.16. The van der Waals surface area contributed by atoms with Gasteiger partial charge in [-0.05, 0) is 25.2 Å². The maximum absolute atomic E-state index is 9.32. The van der Waals surface area contributed by atoms with Gasteiger partial charge in [-0.1, -0.05) is 13.8 Å². The fourth-order valence-electron chi connectivity index (χ4n) is 2.59. The first kappa shape index (κ1) is 10.7. The minimum atomic E-state index is 0.0867. The van der Waals surface area contributed by atoms with E-state index < -0.39 is 0 Å². The van der Waals surface area contributed by atoms with E-state index in [-0.39, 0.29) is 6.61 Å². The zero-order valence-corrected chi connectivity index (χ0v) is 9.66. The van der Waals surface area contributed by atoms with E-state index in [9.17, 15) is 5.11 Å². The molecule has 1 aliphatic heterocycles. The molecule has 0 aromatic carbocycles. The van der Waals surface area contributed by atoms with Gasteiger partial charge in [-0.25, -0.2) is 4.98 Å². The van der Waals surface area contributed by atoms with Gasteiger partial charge in [0.15, 0.2) is 0 Å². The molecule has 15 heavy (non-hydrogen) atoms. The molecule has 1 aromatic heterocycles. The van der Waals surface area contributed by atoms with E-state index in [2.05, 4.69) is 23.4 Å². The molecule has 84 valence electrons. The highest BCUT2D eigenvalue weighted by Crippen LogP contribution is 2.31. The molecule has 2 heterocycles. The van der Waals surface area contributed by atoms with Crippen molar-refractivity contribution in [1.82, 2.24) is 9.55 Å². The summed E-state index contributed by atoms with van der Waals surface area (Å²) >= 11 is 0. The third kappa shape index (κ3) is 1.81. The summed E-state index contributed by atoms with van der Waals surface area (Å²) in [5, 5.41) is 9.32. The summed E-state index contributed by atoms with van der Waals surface area (Å²) < 4.78 is 2.34. The highest BCUT2D eigenvalue weighted by atomic mass is 16.3. The molecular formula is C12H20N2O. The first-order valence-electron chi connectivity index (χ1n) is 5.97. The van der Waals surface area contributed by atoms with E-state index in [0.717, 1.165) is 25.1 Å². The second-order valence-corrected chi connectivity index (χ2v) is 4.46. The van der Waals surface area contributed by atoms with Crippen molar-refractivity contribution in [3.05, 3.63) is 17.2 Å². The summed E-state index contributed by atoms with van der Waals surface area (Å²) in [6.45, 7) is 5.58. The van der Waals surface area contributed by atoms with E-state index >= 15 is 0 Å². The molecular weight excluding hydrogens is 188 g/mol. The number of hydrogen-bond acceptors (Lipinski definition) is 2. The third-order valence-electron chi connectivity index (χ3n) is 3.27.